The molecule has 2 N–H and O–H groups in total. The quantitative estimate of drug-likeness (QED) is 0.125. The monoisotopic (exact) mass is 745 g/mol. The Bertz CT molecular complexity index is 2480. The van der Waals surface area contributed by atoms with Crippen molar-refractivity contribution < 1.29 is 9.72 Å². The number of nitrogens with one attached hydrogen (secondary N) is 2. The highest BCUT2D eigenvalue weighted by molar-refractivity contribution is 7.99. The summed E-state index contributed by atoms with van der Waals surface area (Å²) in [7, 11) is 0. The number of aromatic nitrogens is 4. The van der Waals surface area contributed by atoms with Gasteiger partial charge in [-0.15, -0.1) is 16.4 Å². The van der Waals surface area contributed by atoms with Gasteiger partial charge in [0.25, 0.3) is 17.2 Å². The van der Waals surface area contributed by atoms with Crippen LogP contribution in [0.5, 0.6) is 0 Å². The van der Waals surface area contributed by atoms with Gasteiger partial charge in [0.05, 0.1) is 30.6 Å². The minimum absolute atomic E-state index is 0.186. The summed E-state index contributed by atoms with van der Waals surface area (Å²) in [6.07, 6.45) is 1.59. The van der Waals surface area contributed by atoms with Crippen molar-refractivity contribution in [1.29, 1.82) is 0 Å². The fourth-order valence-corrected chi connectivity index (χ4v) is 8.41. The number of H-pyrrole nitrogens is 1. The molecule has 49 heavy (non-hydrogen) atoms. The standard InChI is InChI=1S/C33H21Cl2N7O4S3/c1-17-27(30(43)37-20-6-3-2-4-7-20)28(25-8-5-13-47-25)41-31(44)26(49-33(41)36-17)15-18-9-12-24(23(14-18)42(45)46)48-32-38-29(39-40-32)21-11-10-19(34)16-22(21)35/h2-16,28H,1H3,(H,37,43)(H,38,39,40)/b26-15+/t28-/m0/s1. The Morgan fingerprint density at radius 2 is 1.92 bits per heavy atom. The molecule has 0 aliphatic carbocycles. The van der Waals surface area contributed by atoms with Crippen molar-refractivity contribution in [1.82, 2.24) is 19.7 Å². The summed E-state index contributed by atoms with van der Waals surface area (Å²) in [4.78, 5) is 49.9. The summed E-state index contributed by atoms with van der Waals surface area (Å²) in [5.41, 5.74) is 1.94. The van der Waals surface area contributed by atoms with Crippen molar-refractivity contribution in [2.24, 2.45) is 4.99 Å². The van der Waals surface area contributed by atoms with E-state index in [0.29, 0.717) is 58.2 Å². The molecule has 4 heterocycles. The van der Waals surface area contributed by atoms with Gasteiger partial charge >= 0.3 is 0 Å². The summed E-state index contributed by atoms with van der Waals surface area (Å²) in [5, 5.41) is 25.1. The van der Waals surface area contributed by atoms with Gasteiger partial charge in [0, 0.05) is 27.2 Å². The second-order valence-electron chi connectivity index (χ2n) is 10.6. The molecule has 1 atom stereocenters. The molecule has 0 unspecified atom stereocenters. The van der Waals surface area contributed by atoms with E-state index in [9.17, 15) is 19.7 Å². The lowest BCUT2D eigenvalue weighted by molar-refractivity contribution is -0.387. The van der Waals surface area contributed by atoms with Gasteiger partial charge in [-0.2, -0.15) is 0 Å². The molecule has 16 heteroatoms. The number of hydrogen-bond acceptors (Lipinski definition) is 10. The summed E-state index contributed by atoms with van der Waals surface area (Å²) in [5.74, 6) is 0.0224. The lowest BCUT2D eigenvalue weighted by atomic mass is 10.0. The number of rotatable bonds is 8. The van der Waals surface area contributed by atoms with E-state index in [0.717, 1.165) is 28.0 Å². The van der Waals surface area contributed by atoms with Gasteiger partial charge in [-0.05, 0) is 78.2 Å². The molecular formula is C33H21Cl2N7O4S3. The Morgan fingerprint density at radius 1 is 1.10 bits per heavy atom. The van der Waals surface area contributed by atoms with Crippen molar-refractivity contribution in [3.63, 3.8) is 0 Å². The Labute approximate surface area is 299 Å². The molecule has 7 rings (SSSR count). The lowest BCUT2D eigenvalue weighted by Gasteiger charge is -2.24. The topological polar surface area (TPSA) is 148 Å². The van der Waals surface area contributed by atoms with Gasteiger partial charge in [0.2, 0.25) is 5.16 Å². The normalized spacial score (nSPS) is 14.4. The molecule has 0 fully saturated rings. The van der Waals surface area contributed by atoms with E-state index >= 15 is 0 Å². The third kappa shape index (κ3) is 6.60. The number of para-hydroxylation sites is 1. The fraction of sp³-hybridized carbons (Fsp3) is 0.0606. The number of halogens is 2. The van der Waals surface area contributed by atoms with Crippen molar-refractivity contribution in [2.75, 3.05) is 5.32 Å². The molecule has 0 bridgehead atoms. The zero-order chi connectivity index (χ0) is 34.2. The van der Waals surface area contributed by atoms with Crippen LogP contribution in [-0.4, -0.2) is 30.6 Å². The van der Waals surface area contributed by atoms with Gasteiger partial charge in [-0.25, -0.2) is 9.98 Å². The first-order valence-electron chi connectivity index (χ1n) is 14.4. The number of thiophene rings is 1. The first-order chi connectivity index (χ1) is 23.7. The van der Waals surface area contributed by atoms with Gasteiger partial charge in [-0.1, -0.05) is 64.9 Å². The molecule has 3 aromatic heterocycles. The van der Waals surface area contributed by atoms with Crippen molar-refractivity contribution >= 4 is 81.0 Å². The largest absolute Gasteiger partial charge is 0.322 e. The van der Waals surface area contributed by atoms with Crippen molar-refractivity contribution in [2.45, 2.75) is 23.0 Å². The van der Waals surface area contributed by atoms with Crippen LogP contribution in [0.2, 0.25) is 10.0 Å². The fourth-order valence-electron chi connectivity index (χ4n) is 5.24. The molecule has 0 saturated carbocycles. The van der Waals surface area contributed by atoms with E-state index in [1.165, 1.54) is 22.0 Å². The maximum absolute atomic E-state index is 14.0. The third-order valence-electron chi connectivity index (χ3n) is 7.44. The average Bonchev–Trinajstić information content (AvgIpc) is 3.83. The SMILES string of the molecule is CC1=C(C(=O)Nc2ccccc2)[C@H](c2cccs2)n2c(s/c(=C/c3ccc(Sc4n[nH]c(-c5ccc(Cl)cc5Cl)n4)c([N+](=O)[O-])c3)c2=O)=N1. The molecular weight excluding hydrogens is 726 g/mol. The number of amides is 1. The van der Waals surface area contributed by atoms with E-state index in [1.807, 2.05) is 35.7 Å². The van der Waals surface area contributed by atoms with Crippen molar-refractivity contribution in [3.05, 3.63) is 146 Å². The number of fused-ring (bicyclic) bond motifs is 1. The van der Waals surface area contributed by atoms with Gasteiger partial charge in [-0.3, -0.25) is 29.4 Å². The van der Waals surface area contributed by atoms with E-state index in [2.05, 4.69) is 25.5 Å². The zero-order valence-corrected chi connectivity index (χ0v) is 29.0. The van der Waals surface area contributed by atoms with Crippen LogP contribution in [0.25, 0.3) is 17.5 Å². The summed E-state index contributed by atoms with van der Waals surface area (Å²) >= 11 is 15.9. The predicted molar refractivity (Wildman–Crippen MR) is 192 cm³/mol. The number of anilines is 1. The highest BCUT2D eigenvalue weighted by Gasteiger charge is 2.33. The van der Waals surface area contributed by atoms with Crippen LogP contribution in [0.15, 0.2) is 115 Å². The van der Waals surface area contributed by atoms with E-state index in [4.69, 9.17) is 23.2 Å². The van der Waals surface area contributed by atoms with E-state index < -0.39 is 11.0 Å². The molecule has 0 spiro atoms. The van der Waals surface area contributed by atoms with Crippen LogP contribution in [-0.2, 0) is 4.79 Å². The number of hydrogen-bond donors (Lipinski definition) is 2. The molecule has 1 amide bonds. The number of carbonyl (C=O) groups excluding carboxylic acids is 1. The smallest absolute Gasteiger partial charge is 0.283 e. The number of nitro benzene ring substituents is 1. The Kier molecular flexibility index (Phi) is 9.05. The van der Waals surface area contributed by atoms with Crippen LogP contribution in [0.3, 0.4) is 0 Å². The summed E-state index contributed by atoms with van der Waals surface area (Å²) in [6, 6.07) is 21.7. The van der Waals surface area contributed by atoms with Crippen LogP contribution in [0.1, 0.15) is 23.4 Å². The third-order valence-corrected chi connectivity index (χ3v) is 10.8. The lowest BCUT2D eigenvalue weighted by Crippen LogP contribution is -2.40. The molecule has 0 radical (unpaired) electrons. The molecule has 6 aromatic rings. The minimum Gasteiger partial charge on any atom is -0.322 e. The summed E-state index contributed by atoms with van der Waals surface area (Å²) in [6.45, 7) is 1.75. The van der Waals surface area contributed by atoms with Crippen molar-refractivity contribution in [3.8, 4) is 11.4 Å². The number of aromatic amines is 1. The average molecular weight is 747 g/mol. The second kappa shape index (κ2) is 13.6. The second-order valence-corrected chi connectivity index (χ2v) is 14.4. The molecule has 11 nitrogen and oxygen atoms in total. The minimum atomic E-state index is -0.704. The number of carbonyl (C=O) groups is 1. The van der Waals surface area contributed by atoms with E-state index in [1.54, 1.807) is 55.5 Å². The van der Waals surface area contributed by atoms with Crippen LogP contribution in [0.4, 0.5) is 11.4 Å². The van der Waals surface area contributed by atoms with Gasteiger partial charge in [0.1, 0.15) is 6.04 Å². The Morgan fingerprint density at radius 3 is 2.65 bits per heavy atom. The molecule has 1 aliphatic rings. The molecule has 0 saturated heterocycles. The zero-order valence-electron chi connectivity index (χ0n) is 25.1. The number of thiazole rings is 1. The first kappa shape index (κ1) is 32.7. The number of nitrogens with zero attached hydrogens (tertiary/aromatic N) is 5. The van der Waals surface area contributed by atoms with Gasteiger partial charge in [0.15, 0.2) is 10.6 Å². The van der Waals surface area contributed by atoms with Gasteiger partial charge < -0.3 is 5.32 Å². The molecule has 244 valence electrons. The maximum atomic E-state index is 14.0. The van der Waals surface area contributed by atoms with Crippen LogP contribution >= 0.6 is 57.6 Å². The molecule has 3 aromatic carbocycles. The number of benzene rings is 3. The Hall–Kier alpha value is -4.86. The summed E-state index contributed by atoms with van der Waals surface area (Å²) < 4.78 is 1.83. The number of allylic oxidation sites excluding steroid dienone is 1. The predicted octanol–water partition coefficient (Wildman–Crippen LogP) is 7.09. The highest BCUT2D eigenvalue weighted by atomic mass is 35.5. The number of nitro groups is 1. The first-order valence-corrected chi connectivity index (χ1v) is 17.7. The van der Waals surface area contributed by atoms with Crippen LogP contribution in [0, 0.1) is 10.1 Å². The molecule has 1 aliphatic heterocycles. The van der Waals surface area contributed by atoms with E-state index in [-0.39, 0.29) is 22.3 Å². The van der Waals surface area contributed by atoms with Crippen LogP contribution < -0.4 is 20.2 Å². The Balaban J connectivity index is 1.23. The highest BCUT2D eigenvalue weighted by Crippen LogP contribution is 2.36. The maximum Gasteiger partial charge on any atom is 0.283 e.